The zero-order valence-electron chi connectivity index (χ0n) is 10.0. The van der Waals surface area contributed by atoms with Gasteiger partial charge in [-0.15, -0.1) is 11.3 Å². The summed E-state index contributed by atoms with van der Waals surface area (Å²) < 4.78 is 4.95. The molecule has 1 rings (SSSR count). The lowest BCUT2D eigenvalue weighted by atomic mass is 10.1. The van der Waals surface area contributed by atoms with Crippen LogP contribution < -0.4 is 5.73 Å². The van der Waals surface area contributed by atoms with Crippen LogP contribution in [-0.2, 0) is 4.74 Å². The van der Waals surface area contributed by atoms with E-state index in [1.165, 1.54) is 17.4 Å². The van der Waals surface area contributed by atoms with Crippen molar-refractivity contribution in [2.45, 2.75) is 20.8 Å². The van der Waals surface area contributed by atoms with E-state index in [-0.39, 0.29) is 0 Å². The predicted molar refractivity (Wildman–Crippen MR) is 68.7 cm³/mol. The second kappa shape index (κ2) is 5.51. The number of allylic oxidation sites excluding steroid dienone is 2. The fourth-order valence-electron chi connectivity index (χ4n) is 1.53. The zero-order valence-corrected chi connectivity index (χ0v) is 10.9. The van der Waals surface area contributed by atoms with Crippen molar-refractivity contribution in [2.75, 3.05) is 12.3 Å². The molecule has 0 atom stereocenters. The lowest BCUT2D eigenvalue weighted by Crippen LogP contribution is -2.07. The van der Waals surface area contributed by atoms with Gasteiger partial charge in [0.25, 0.3) is 0 Å². The summed E-state index contributed by atoms with van der Waals surface area (Å²) in [5.41, 5.74) is 7.81. The average molecular weight is 250 g/mol. The SMILES string of the molecule is CCOC(=O)c1c(N)sc(/C(C)=C/C#N)c1C. The van der Waals surface area contributed by atoms with Crippen molar-refractivity contribution >= 4 is 27.9 Å². The Morgan fingerprint density at radius 3 is 2.82 bits per heavy atom. The van der Waals surface area contributed by atoms with Crippen LogP contribution >= 0.6 is 11.3 Å². The third-order valence-electron chi connectivity index (χ3n) is 2.29. The number of esters is 1. The van der Waals surface area contributed by atoms with Gasteiger partial charge in [-0.3, -0.25) is 0 Å². The van der Waals surface area contributed by atoms with E-state index >= 15 is 0 Å². The largest absolute Gasteiger partial charge is 0.462 e. The van der Waals surface area contributed by atoms with Crippen molar-refractivity contribution in [1.82, 2.24) is 0 Å². The van der Waals surface area contributed by atoms with Crippen molar-refractivity contribution in [3.63, 3.8) is 0 Å². The minimum atomic E-state index is -0.408. The second-order valence-electron chi connectivity index (χ2n) is 3.47. The van der Waals surface area contributed by atoms with Gasteiger partial charge < -0.3 is 10.5 Å². The first-order valence-electron chi connectivity index (χ1n) is 5.15. The van der Waals surface area contributed by atoms with Crippen LogP contribution in [-0.4, -0.2) is 12.6 Å². The van der Waals surface area contributed by atoms with E-state index in [0.717, 1.165) is 16.0 Å². The highest BCUT2D eigenvalue weighted by Gasteiger charge is 2.20. The normalized spacial score (nSPS) is 11.1. The lowest BCUT2D eigenvalue weighted by molar-refractivity contribution is 0.0527. The van der Waals surface area contributed by atoms with Gasteiger partial charge in [-0.2, -0.15) is 5.26 Å². The van der Waals surface area contributed by atoms with Gasteiger partial charge in [-0.25, -0.2) is 4.79 Å². The second-order valence-corrected chi connectivity index (χ2v) is 4.52. The molecule has 0 saturated carbocycles. The highest BCUT2D eigenvalue weighted by atomic mass is 32.1. The quantitative estimate of drug-likeness (QED) is 0.661. The molecule has 0 saturated heterocycles. The summed E-state index contributed by atoms with van der Waals surface area (Å²) in [5, 5.41) is 9.05. The highest BCUT2D eigenvalue weighted by molar-refractivity contribution is 7.17. The molecule has 0 aliphatic carbocycles. The Hall–Kier alpha value is -1.80. The molecule has 0 fully saturated rings. The molecule has 2 N–H and O–H groups in total. The van der Waals surface area contributed by atoms with Crippen molar-refractivity contribution in [3.05, 3.63) is 22.1 Å². The summed E-state index contributed by atoms with van der Waals surface area (Å²) in [5.74, 6) is -0.408. The maximum absolute atomic E-state index is 11.7. The Bertz CT molecular complexity index is 509. The first kappa shape index (κ1) is 13.3. The van der Waals surface area contributed by atoms with E-state index in [1.807, 2.05) is 19.9 Å². The molecule has 0 aliphatic heterocycles. The van der Waals surface area contributed by atoms with Crippen molar-refractivity contribution in [2.24, 2.45) is 0 Å². The number of carbonyl (C=O) groups is 1. The third kappa shape index (κ3) is 2.66. The molecule has 4 nitrogen and oxygen atoms in total. The molecule has 0 aromatic carbocycles. The number of anilines is 1. The van der Waals surface area contributed by atoms with Crippen LogP contribution in [0.3, 0.4) is 0 Å². The minimum Gasteiger partial charge on any atom is -0.462 e. The average Bonchev–Trinajstić information content (AvgIpc) is 2.55. The number of thiophene rings is 1. The number of nitrogens with zero attached hydrogens (tertiary/aromatic N) is 1. The fraction of sp³-hybridized carbons (Fsp3) is 0.333. The molecule has 0 aliphatic rings. The first-order chi connectivity index (χ1) is 8.02. The van der Waals surface area contributed by atoms with Crippen LogP contribution in [0.15, 0.2) is 6.08 Å². The fourth-order valence-corrected chi connectivity index (χ4v) is 2.56. The summed E-state index contributed by atoms with van der Waals surface area (Å²) in [7, 11) is 0. The first-order valence-corrected chi connectivity index (χ1v) is 5.97. The van der Waals surface area contributed by atoms with Crippen LogP contribution in [0, 0.1) is 18.3 Å². The maximum Gasteiger partial charge on any atom is 0.341 e. The number of nitrogen functional groups attached to an aromatic ring is 1. The number of nitrogens with two attached hydrogens (primary N) is 1. The van der Waals surface area contributed by atoms with Crippen LogP contribution in [0.4, 0.5) is 5.00 Å². The molecule has 17 heavy (non-hydrogen) atoms. The Labute approximate surface area is 104 Å². The van der Waals surface area contributed by atoms with E-state index in [0.29, 0.717) is 17.2 Å². The van der Waals surface area contributed by atoms with Crippen molar-refractivity contribution < 1.29 is 9.53 Å². The van der Waals surface area contributed by atoms with Gasteiger partial charge in [-0.1, -0.05) is 0 Å². The molecular formula is C12H14N2O2S. The van der Waals surface area contributed by atoms with E-state index in [1.54, 1.807) is 6.92 Å². The van der Waals surface area contributed by atoms with E-state index in [2.05, 4.69) is 0 Å². The van der Waals surface area contributed by atoms with Gasteiger partial charge in [-0.05, 0) is 31.9 Å². The van der Waals surface area contributed by atoms with Gasteiger partial charge >= 0.3 is 5.97 Å². The monoisotopic (exact) mass is 250 g/mol. The standard InChI is InChI=1S/C12H14N2O2S/c1-4-16-12(15)9-8(3)10(17-11(9)14)7(2)5-6-13/h5H,4,14H2,1-3H3/b7-5+. The number of carbonyl (C=O) groups excluding carboxylic acids is 1. The van der Waals surface area contributed by atoms with Gasteiger partial charge in [0, 0.05) is 11.0 Å². The molecular weight excluding hydrogens is 236 g/mol. The molecule has 1 aromatic rings. The number of nitriles is 1. The Balaban J connectivity index is 3.24. The smallest absolute Gasteiger partial charge is 0.341 e. The van der Waals surface area contributed by atoms with Crippen molar-refractivity contribution in [3.8, 4) is 6.07 Å². The summed E-state index contributed by atoms with van der Waals surface area (Å²) in [6, 6.07) is 1.96. The van der Waals surface area contributed by atoms with Gasteiger partial charge in [0.1, 0.15) is 5.00 Å². The summed E-state index contributed by atoms with van der Waals surface area (Å²) in [6.45, 7) is 5.69. The molecule has 0 spiro atoms. The van der Waals surface area contributed by atoms with E-state index < -0.39 is 5.97 Å². The summed E-state index contributed by atoms with van der Waals surface area (Å²) in [6.07, 6.45) is 1.44. The minimum absolute atomic E-state index is 0.315. The molecule has 0 radical (unpaired) electrons. The molecule has 0 unspecified atom stereocenters. The van der Waals surface area contributed by atoms with Crippen LogP contribution in [0.25, 0.3) is 5.57 Å². The Morgan fingerprint density at radius 1 is 1.65 bits per heavy atom. The zero-order chi connectivity index (χ0) is 13.0. The Morgan fingerprint density at radius 2 is 2.29 bits per heavy atom. The number of ether oxygens (including phenoxy) is 1. The number of rotatable bonds is 3. The van der Waals surface area contributed by atoms with Crippen LogP contribution in [0.2, 0.25) is 0 Å². The van der Waals surface area contributed by atoms with Gasteiger partial charge in [0.2, 0.25) is 0 Å². The van der Waals surface area contributed by atoms with E-state index in [9.17, 15) is 4.79 Å². The summed E-state index contributed by atoms with van der Waals surface area (Å²) in [4.78, 5) is 12.6. The predicted octanol–water partition coefficient (Wildman–Crippen LogP) is 2.74. The van der Waals surface area contributed by atoms with Crippen LogP contribution in [0.5, 0.6) is 0 Å². The van der Waals surface area contributed by atoms with Gasteiger partial charge in [0.15, 0.2) is 0 Å². The molecule has 1 aromatic heterocycles. The highest BCUT2D eigenvalue weighted by Crippen LogP contribution is 2.35. The topological polar surface area (TPSA) is 76.1 Å². The molecule has 5 heteroatoms. The molecule has 0 amide bonds. The van der Waals surface area contributed by atoms with Crippen molar-refractivity contribution in [1.29, 1.82) is 5.26 Å². The molecule has 0 bridgehead atoms. The van der Waals surface area contributed by atoms with Gasteiger partial charge in [0.05, 0.1) is 18.2 Å². The molecule has 1 heterocycles. The van der Waals surface area contributed by atoms with E-state index in [4.69, 9.17) is 15.7 Å². The molecule has 90 valence electrons. The maximum atomic E-state index is 11.7. The third-order valence-corrected chi connectivity index (χ3v) is 3.55. The van der Waals surface area contributed by atoms with Crippen LogP contribution in [0.1, 0.15) is 34.6 Å². The summed E-state index contributed by atoms with van der Waals surface area (Å²) >= 11 is 1.30. The lowest BCUT2D eigenvalue weighted by Gasteiger charge is -2.02. The number of hydrogen-bond acceptors (Lipinski definition) is 5. The Kier molecular flexibility index (Phi) is 4.30. The number of hydrogen-bond donors (Lipinski definition) is 1.